The average Bonchev–Trinajstić information content (AvgIpc) is 2.31. The van der Waals surface area contributed by atoms with Crippen molar-refractivity contribution in [3.63, 3.8) is 0 Å². The van der Waals surface area contributed by atoms with Gasteiger partial charge in [-0.05, 0) is 29.5 Å². The van der Waals surface area contributed by atoms with Crippen LogP contribution in [0, 0.1) is 10.6 Å². The predicted octanol–water partition coefficient (Wildman–Crippen LogP) is 1.92. The van der Waals surface area contributed by atoms with Gasteiger partial charge < -0.3 is 0 Å². The fourth-order valence-corrected chi connectivity index (χ4v) is 2.03. The molecule has 0 unspecified atom stereocenters. The van der Waals surface area contributed by atoms with Crippen LogP contribution in [0.25, 0.3) is 11.0 Å². The molecule has 0 aliphatic carbocycles. The lowest BCUT2D eigenvalue weighted by molar-refractivity contribution is 1.04. The number of H-pyrrole nitrogens is 1. The van der Waals surface area contributed by atoms with Crippen LogP contribution in [0.4, 0.5) is 0 Å². The minimum absolute atomic E-state index is 0.454. The maximum atomic E-state index is 5.89. The van der Waals surface area contributed by atoms with Gasteiger partial charge in [0, 0.05) is 0 Å². The summed E-state index contributed by atoms with van der Waals surface area (Å²) >= 11 is 8.00. The summed E-state index contributed by atoms with van der Waals surface area (Å²) in [7, 11) is 0. The highest BCUT2D eigenvalue weighted by Gasteiger charge is 2.09. The van der Waals surface area contributed by atoms with Gasteiger partial charge in [-0.3, -0.25) is 5.10 Å². The zero-order chi connectivity index (χ0) is 8.72. The third kappa shape index (κ3) is 1.16. The molecule has 2 aromatic heterocycles. The van der Waals surface area contributed by atoms with Gasteiger partial charge in [-0.1, -0.05) is 11.6 Å². The van der Waals surface area contributed by atoms with Crippen LogP contribution in [-0.4, -0.2) is 20.2 Å². The molecule has 12 heavy (non-hydrogen) atoms. The summed E-state index contributed by atoms with van der Waals surface area (Å²) in [6.07, 6.45) is 0. The molecule has 0 aliphatic rings. The lowest BCUT2D eigenvalue weighted by atomic mass is 10.4. The van der Waals surface area contributed by atoms with E-state index < -0.39 is 0 Å². The number of rotatable bonds is 0. The first kappa shape index (κ1) is 8.18. The molecule has 0 saturated heterocycles. The monoisotopic (exact) mass is 294 g/mol. The minimum atomic E-state index is 0.454. The van der Waals surface area contributed by atoms with Crippen molar-refractivity contribution in [3.05, 3.63) is 14.7 Å². The Morgan fingerprint density at radius 1 is 1.42 bits per heavy atom. The van der Waals surface area contributed by atoms with Crippen molar-refractivity contribution in [2.24, 2.45) is 0 Å². The molecule has 0 atom stereocenters. The Balaban J connectivity index is 2.93. The number of fused-ring (bicyclic) bond motifs is 1. The highest BCUT2D eigenvalue weighted by Crippen LogP contribution is 2.22. The Bertz CT molecular complexity index is 438. The van der Waals surface area contributed by atoms with E-state index in [1.54, 1.807) is 6.92 Å². The van der Waals surface area contributed by atoms with Crippen LogP contribution in [0.15, 0.2) is 0 Å². The Kier molecular flexibility index (Phi) is 1.91. The first-order valence-electron chi connectivity index (χ1n) is 3.22. The zero-order valence-electron chi connectivity index (χ0n) is 6.10. The fraction of sp³-hybridized carbons (Fsp3) is 0.167. The molecule has 0 aliphatic heterocycles. The molecule has 0 spiro atoms. The molecule has 0 aromatic carbocycles. The average molecular weight is 294 g/mol. The number of aryl methyl sites for hydroxylation is 1. The molecule has 0 amide bonds. The third-order valence-electron chi connectivity index (χ3n) is 1.44. The molecule has 0 fully saturated rings. The van der Waals surface area contributed by atoms with Crippen LogP contribution in [0.2, 0.25) is 5.15 Å². The number of halogens is 2. The van der Waals surface area contributed by atoms with E-state index in [0.717, 1.165) is 9.09 Å². The Morgan fingerprint density at radius 3 is 2.92 bits per heavy atom. The molecule has 0 bridgehead atoms. The normalized spacial score (nSPS) is 10.9. The number of aromatic nitrogens is 4. The predicted molar refractivity (Wildman–Crippen MR) is 54.1 cm³/mol. The van der Waals surface area contributed by atoms with E-state index in [9.17, 15) is 0 Å². The SMILES string of the molecule is Cc1nc(Cl)c2c(I)[nH]nc2n1. The molecule has 2 heterocycles. The molecule has 1 N–H and O–H groups in total. The maximum Gasteiger partial charge on any atom is 0.186 e. The van der Waals surface area contributed by atoms with Gasteiger partial charge in [-0.15, -0.1) is 0 Å². The van der Waals surface area contributed by atoms with E-state index in [0.29, 0.717) is 16.6 Å². The van der Waals surface area contributed by atoms with Gasteiger partial charge in [-0.2, -0.15) is 5.10 Å². The second-order valence-electron chi connectivity index (χ2n) is 2.30. The molecular weight excluding hydrogens is 290 g/mol. The summed E-state index contributed by atoms with van der Waals surface area (Å²) in [5.41, 5.74) is 0.622. The van der Waals surface area contributed by atoms with E-state index >= 15 is 0 Å². The Labute approximate surface area is 86.9 Å². The van der Waals surface area contributed by atoms with Crippen LogP contribution in [0.1, 0.15) is 5.82 Å². The van der Waals surface area contributed by atoms with Crippen LogP contribution >= 0.6 is 34.2 Å². The van der Waals surface area contributed by atoms with Crippen molar-refractivity contribution in [1.82, 2.24) is 20.2 Å². The summed E-state index contributed by atoms with van der Waals surface area (Å²) in [6, 6.07) is 0. The van der Waals surface area contributed by atoms with Crippen molar-refractivity contribution in [1.29, 1.82) is 0 Å². The second-order valence-corrected chi connectivity index (χ2v) is 3.73. The van der Waals surface area contributed by atoms with Gasteiger partial charge in [0.25, 0.3) is 0 Å². The molecule has 0 radical (unpaired) electrons. The molecule has 2 aromatic rings. The van der Waals surface area contributed by atoms with Gasteiger partial charge in [0.05, 0.1) is 5.39 Å². The minimum Gasteiger partial charge on any atom is -0.269 e. The van der Waals surface area contributed by atoms with Crippen molar-refractivity contribution in [2.45, 2.75) is 6.92 Å². The topological polar surface area (TPSA) is 54.5 Å². The Morgan fingerprint density at radius 2 is 2.17 bits per heavy atom. The molecule has 4 nitrogen and oxygen atoms in total. The third-order valence-corrected chi connectivity index (χ3v) is 2.49. The molecule has 62 valence electrons. The summed E-state index contributed by atoms with van der Waals surface area (Å²) in [4.78, 5) is 8.14. The van der Waals surface area contributed by atoms with Crippen LogP contribution in [0.3, 0.4) is 0 Å². The number of nitrogens with one attached hydrogen (secondary N) is 1. The summed E-state index contributed by atoms with van der Waals surface area (Å²) < 4.78 is 0.868. The summed E-state index contributed by atoms with van der Waals surface area (Å²) in [5, 5.41) is 8.01. The van der Waals surface area contributed by atoms with Gasteiger partial charge in [-0.25, -0.2) is 9.97 Å². The molecule has 6 heteroatoms. The number of nitrogens with zero attached hydrogens (tertiary/aromatic N) is 3. The Hall–Kier alpha value is -0.430. The molecule has 0 saturated carbocycles. The van der Waals surface area contributed by atoms with Gasteiger partial charge >= 0.3 is 0 Å². The van der Waals surface area contributed by atoms with Crippen LogP contribution in [-0.2, 0) is 0 Å². The van der Waals surface area contributed by atoms with Gasteiger partial charge in [0.2, 0.25) is 0 Å². The van der Waals surface area contributed by atoms with E-state index in [-0.39, 0.29) is 0 Å². The number of hydrogen-bond acceptors (Lipinski definition) is 3. The lowest BCUT2D eigenvalue weighted by Crippen LogP contribution is -1.88. The number of hydrogen-bond donors (Lipinski definition) is 1. The number of aromatic amines is 1. The highest BCUT2D eigenvalue weighted by molar-refractivity contribution is 14.1. The van der Waals surface area contributed by atoms with Crippen LogP contribution < -0.4 is 0 Å². The van der Waals surface area contributed by atoms with Crippen LogP contribution in [0.5, 0.6) is 0 Å². The van der Waals surface area contributed by atoms with Gasteiger partial charge in [0.15, 0.2) is 5.65 Å². The molecular formula is C6H4ClIN4. The van der Waals surface area contributed by atoms with Crippen molar-refractivity contribution < 1.29 is 0 Å². The smallest absolute Gasteiger partial charge is 0.186 e. The van der Waals surface area contributed by atoms with E-state index in [4.69, 9.17) is 11.6 Å². The highest BCUT2D eigenvalue weighted by atomic mass is 127. The molecule has 2 rings (SSSR count). The zero-order valence-corrected chi connectivity index (χ0v) is 9.01. The lowest BCUT2D eigenvalue weighted by Gasteiger charge is -1.93. The van der Waals surface area contributed by atoms with E-state index in [1.807, 2.05) is 0 Å². The standard InChI is InChI=1S/C6H4ClIN4/c1-2-9-4(7)3-5(8)11-12-6(3)10-2/h1H3,(H,9,10,11,12). The van der Waals surface area contributed by atoms with Gasteiger partial charge in [0.1, 0.15) is 14.7 Å². The van der Waals surface area contributed by atoms with Crippen molar-refractivity contribution in [3.8, 4) is 0 Å². The first-order valence-corrected chi connectivity index (χ1v) is 4.68. The maximum absolute atomic E-state index is 5.89. The fourth-order valence-electron chi connectivity index (χ4n) is 0.952. The first-order chi connectivity index (χ1) is 5.68. The second kappa shape index (κ2) is 2.81. The largest absolute Gasteiger partial charge is 0.269 e. The van der Waals surface area contributed by atoms with E-state index in [1.165, 1.54) is 0 Å². The summed E-state index contributed by atoms with van der Waals surface area (Å²) in [5.74, 6) is 0.635. The van der Waals surface area contributed by atoms with E-state index in [2.05, 4.69) is 42.8 Å². The van der Waals surface area contributed by atoms with Crippen molar-refractivity contribution >= 4 is 45.2 Å². The summed E-state index contributed by atoms with van der Waals surface area (Å²) in [6.45, 7) is 1.78. The van der Waals surface area contributed by atoms with Crippen molar-refractivity contribution in [2.75, 3.05) is 0 Å². The quantitative estimate of drug-likeness (QED) is 0.596.